The van der Waals surface area contributed by atoms with Crippen molar-refractivity contribution in [3.8, 4) is 11.4 Å². The van der Waals surface area contributed by atoms with Crippen molar-refractivity contribution in [1.82, 2.24) is 41.0 Å². The van der Waals surface area contributed by atoms with Gasteiger partial charge in [-0.1, -0.05) is 26.0 Å². The van der Waals surface area contributed by atoms with Gasteiger partial charge in [0.2, 0.25) is 23.6 Å². The zero-order valence-corrected chi connectivity index (χ0v) is 33.8. The van der Waals surface area contributed by atoms with Crippen LogP contribution in [-0.4, -0.2) is 119 Å². The molecule has 314 valence electrons. The van der Waals surface area contributed by atoms with Crippen LogP contribution in [0.4, 0.5) is 17.6 Å². The summed E-state index contributed by atoms with van der Waals surface area (Å²) in [5, 5.41) is 12.4. The van der Waals surface area contributed by atoms with E-state index in [9.17, 15) is 23.6 Å². The van der Waals surface area contributed by atoms with Gasteiger partial charge in [-0.05, 0) is 89.0 Å². The van der Waals surface area contributed by atoms with Gasteiger partial charge in [0.25, 0.3) is 0 Å². The summed E-state index contributed by atoms with van der Waals surface area (Å²) in [6.07, 6.45) is -1.85. The number of H-pyrrole nitrogens is 2. The van der Waals surface area contributed by atoms with Gasteiger partial charge < -0.3 is 41.0 Å². The molecule has 2 saturated heterocycles. The molecule has 0 spiro atoms. The van der Waals surface area contributed by atoms with E-state index < -0.39 is 72.0 Å². The van der Waals surface area contributed by atoms with Gasteiger partial charge >= 0.3 is 0 Å². The molecule has 4 aromatic rings. The first-order valence-electron chi connectivity index (χ1n) is 20.1. The van der Waals surface area contributed by atoms with Crippen molar-refractivity contribution >= 4 is 45.4 Å². The fourth-order valence-electron chi connectivity index (χ4n) is 8.37. The molecule has 6 N–H and O–H groups in total. The van der Waals surface area contributed by atoms with Crippen LogP contribution in [-0.2, 0) is 32.0 Å². The minimum Gasteiger partial charge on any atom is -0.353 e. The summed E-state index contributed by atoms with van der Waals surface area (Å²) in [6, 6.07) is 4.63. The van der Waals surface area contributed by atoms with Crippen molar-refractivity contribution in [2.45, 2.75) is 115 Å². The van der Waals surface area contributed by atoms with Gasteiger partial charge in [-0.2, -0.15) is 0 Å². The number of alkyl halides is 2. The van der Waals surface area contributed by atoms with Gasteiger partial charge in [0, 0.05) is 41.2 Å². The number of carbonyl (C=O) groups is 4. The normalized spacial score (nSPS) is 21.7. The molecule has 2 aromatic heterocycles. The maximum Gasteiger partial charge on any atom is 0.245 e. The molecule has 0 aliphatic carbocycles. The van der Waals surface area contributed by atoms with E-state index in [2.05, 4.69) is 31.2 Å². The van der Waals surface area contributed by atoms with Crippen LogP contribution in [0.5, 0.6) is 0 Å². The average molecular weight is 811 g/mol. The lowest BCUT2D eigenvalue weighted by atomic mass is 9.94. The van der Waals surface area contributed by atoms with E-state index in [0.717, 1.165) is 0 Å². The van der Waals surface area contributed by atoms with Crippen molar-refractivity contribution in [3.05, 3.63) is 59.2 Å². The maximum absolute atomic E-state index is 15.6. The number of para-hydroxylation sites is 1. The first-order chi connectivity index (χ1) is 27.7. The molecule has 2 fully saturated rings. The molecule has 8 atom stereocenters. The number of halogens is 4. The summed E-state index contributed by atoms with van der Waals surface area (Å²) in [5.74, 6) is -2.63. The lowest BCUT2D eigenvalue weighted by Gasteiger charge is -2.30. The molecule has 2 aliphatic rings. The predicted octanol–water partition coefficient (Wildman–Crippen LogP) is 4.56. The summed E-state index contributed by atoms with van der Waals surface area (Å²) in [4.78, 5) is 63.0. The average Bonchev–Trinajstić information content (AvgIpc) is 3.97. The SMILES string of the molecule is CCC(NC(=O)C(C)NC)C(=O)N1CC(F)CC1Cc1c(-c2[nH]c3c(F)cccc3c2CC2CC(F)CN2C(=O)C(CC)NC(=O)C(C)NC)[nH]c2cc(F)ccc12. The monoisotopic (exact) mass is 810 g/mol. The lowest BCUT2D eigenvalue weighted by molar-refractivity contribution is -0.137. The molecule has 12 nitrogen and oxygen atoms in total. The second-order valence-corrected chi connectivity index (χ2v) is 15.6. The summed E-state index contributed by atoms with van der Waals surface area (Å²) in [7, 11) is 3.26. The van der Waals surface area contributed by atoms with Crippen LogP contribution in [0.2, 0.25) is 0 Å². The molecule has 16 heteroatoms. The first kappa shape index (κ1) is 42.6. The number of nitrogens with zero attached hydrogens (tertiary/aromatic N) is 2. The van der Waals surface area contributed by atoms with Crippen molar-refractivity contribution in [2.24, 2.45) is 0 Å². The number of hydrogen-bond acceptors (Lipinski definition) is 6. The topological polar surface area (TPSA) is 154 Å². The predicted molar refractivity (Wildman–Crippen MR) is 214 cm³/mol. The van der Waals surface area contributed by atoms with Crippen LogP contribution in [0.15, 0.2) is 36.4 Å². The first-order valence-corrected chi connectivity index (χ1v) is 20.1. The number of hydrogen-bond donors (Lipinski definition) is 6. The van der Waals surface area contributed by atoms with Crippen LogP contribution < -0.4 is 21.3 Å². The van der Waals surface area contributed by atoms with Gasteiger partial charge in [0.15, 0.2) is 0 Å². The van der Waals surface area contributed by atoms with Gasteiger partial charge in [0.1, 0.15) is 36.1 Å². The molecule has 8 unspecified atom stereocenters. The smallest absolute Gasteiger partial charge is 0.245 e. The fourth-order valence-corrected chi connectivity index (χ4v) is 8.37. The Morgan fingerprint density at radius 2 is 1.24 bits per heavy atom. The largest absolute Gasteiger partial charge is 0.353 e. The molecule has 0 saturated carbocycles. The Kier molecular flexibility index (Phi) is 13.2. The second kappa shape index (κ2) is 17.9. The van der Waals surface area contributed by atoms with Gasteiger partial charge in [-0.15, -0.1) is 0 Å². The van der Waals surface area contributed by atoms with Crippen molar-refractivity contribution in [3.63, 3.8) is 0 Å². The quantitative estimate of drug-likeness (QED) is 0.0969. The number of fused-ring (bicyclic) bond motifs is 2. The highest BCUT2D eigenvalue weighted by molar-refractivity contribution is 5.97. The Morgan fingerprint density at radius 3 is 1.74 bits per heavy atom. The van der Waals surface area contributed by atoms with Crippen LogP contribution in [0, 0.1) is 11.6 Å². The van der Waals surface area contributed by atoms with E-state index in [0.29, 0.717) is 38.8 Å². The number of amides is 4. The van der Waals surface area contributed by atoms with Crippen LogP contribution >= 0.6 is 0 Å². The highest BCUT2D eigenvalue weighted by Crippen LogP contribution is 2.40. The van der Waals surface area contributed by atoms with Crippen molar-refractivity contribution < 1.29 is 36.7 Å². The molecule has 4 amide bonds. The van der Waals surface area contributed by atoms with Gasteiger partial charge in [0.05, 0.1) is 42.1 Å². The maximum atomic E-state index is 15.6. The molecule has 2 aliphatic heterocycles. The Balaban J connectivity index is 1.40. The summed E-state index contributed by atoms with van der Waals surface area (Å²) in [5.41, 5.74) is 2.68. The lowest BCUT2D eigenvalue weighted by Crippen LogP contribution is -2.53. The number of likely N-dealkylation sites (tertiary alicyclic amines) is 2. The highest BCUT2D eigenvalue weighted by Gasteiger charge is 2.41. The second-order valence-electron chi connectivity index (χ2n) is 15.6. The van der Waals surface area contributed by atoms with E-state index in [1.807, 2.05) is 0 Å². The highest BCUT2D eigenvalue weighted by atomic mass is 19.1. The van der Waals surface area contributed by atoms with E-state index in [1.165, 1.54) is 28.0 Å². The van der Waals surface area contributed by atoms with Crippen molar-refractivity contribution in [1.29, 1.82) is 0 Å². The molecular formula is C42H54F4N8O4. The molecule has 0 radical (unpaired) electrons. The minimum absolute atomic E-state index is 0.00843. The zero-order chi connectivity index (χ0) is 42.0. The summed E-state index contributed by atoms with van der Waals surface area (Å²) < 4.78 is 61.1. The Labute approximate surface area is 335 Å². The van der Waals surface area contributed by atoms with Crippen LogP contribution in [0.25, 0.3) is 33.2 Å². The molecule has 2 aromatic carbocycles. The summed E-state index contributed by atoms with van der Waals surface area (Å²) in [6.45, 7) is 6.51. The standard InChI is InChI=1S/C42H54F4N8O4/c1-7-33(50-39(55)21(3)47-5)41(57)53-19-24(44)14-26(53)17-30-28-13-12-23(43)16-35(28)49-37(30)38-31(29-10-9-11-32(46)36(29)52-38)18-27-15-25(45)20-54(27)42(58)34(8-2)51-40(56)22(4)48-6/h9-13,16,21-22,24-27,33-34,47-49,52H,7-8,14-15,17-20H2,1-6H3,(H,50,55)(H,51,56). The third-order valence-electron chi connectivity index (χ3n) is 11.9. The van der Waals surface area contributed by atoms with E-state index in [1.54, 1.807) is 60.0 Å². The molecule has 58 heavy (non-hydrogen) atoms. The number of benzene rings is 2. The van der Waals surface area contributed by atoms with Crippen LogP contribution in [0.1, 0.15) is 64.5 Å². The number of likely N-dealkylation sites (N-methyl/N-ethyl adjacent to an activating group) is 2. The number of nitrogens with one attached hydrogen (secondary N) is 6. The Hall–Kier alpha value is -4.96. The van der Waals surface area contributed by atoms with Crippen LogP contribution in [0.3, 0.4) is 0 Å². The fraction of sp³-hybridized carbons (Fsp3) is 0.524. The molecule has 4 heterocycles. The summed E-state index contributed by atoms with van der Waals surface area (Å²) >= 11 is 0. The van der Waals surface area contributed by atoms with Crippen molar-refractivity contribution in [2.75, 3.05) is 27.2 Å². The zero-order valence-electron chi connectivity index (χ0n) is 33.8. The number of rotatable bonds is 15. The van der Waals surface area contributed by atoms with E-state index in [-0.39, 0.29) is 68.9 Å². The van der Waals surface area contributed by atoms with Gasteiger partial charge in [-0.3, -0.25) is 19.2 Å². The van der Waals surface area contributed by atoms with E-state index in [4.69, 9.17) is 0 Å². The number of carbonyl (C=O) groups excluding carboxylic acids is 4. The third-order valence-corrected chi connectivity index (χ3v) is 11.9. The molecule has 0 bridgehead atoms. The number of aromatic amines is 2. The Bertz CT molecular complexity index is 2160. The molecule has 6 rings (SSSR count). The molecular weight excluding hydrogens is 757 g/mol. The third kappa shape index (κ3) is 8.58. The number of aromatic nitrogens is 2. The Morgan fingerprint density at radius 1 is 0.741 bits per heavy atom. The van der Waals surface area contributed by atoms with Gasteiger partial charge in [-0.25, -0.2) is 17.6 Å². The minimum atomic E-state index is -1.34. The van der Waals surface area contributed by atoms with E-state index >= 15 is 13.2 Å².